The van der Waals surface area contributed by atoms with E-state index in [9.17, 15) is 4.79 Å². The molecule has 0 saturated heterocycles. The number of carbonyl (C=O) groups excluding carboxylic acids is 1. The standard InChI is InChI=1S/C29H31NO4/c1-4-30(5-2)18-19-33-23-16-14-22(15-17-23)29(31)28-26(20-21-10-7-6-8-11-21)34-25-13-9-12-24(32-3)27(25)28/h6-17H,4-5,18-20H2,1-3H3. The summed E-state index contributed by atoms with van der Waals surface area (Å²) >= 11 is 0. The van der Waals surface area contributed by atoms with Crippen LogP contribution in [-0.2, 0) is 6.42 Å². The van der Waals surface area contributed by atoms with E-state index in [1.807, 2.05) is 72.8 Å². The third kappa shape index (κ3) is 5.15. The van der Waals surface area contributed by atoms with Crippen LogP contribution < -0.4 is 9.47 Å². The molecule has 0 atom stereocenters. The fourth-order valence-electron chi connectivity index (χ4n) is 4.16. The van der Waals surface area contributed by atoms with E-state index < -0.39 is 0 Å². The topological polar surface area (TPSA) is 51.9 Å². The minimum atomic E-state index is -0.0936. The normalized spacial score (nSPS) is 11.2. The second-order valence-corrected chi connectivity index (χ2v) is 8.12. The molecule has 0 aliphatic heterocycles. The van der Waals surface area contributed by atoms with Crippen LogP contribution in [0.1, 0.15) is 41.1 Å². The molecule has 0 radical (unpaired) electrons. The van der Waals surface area contributed by atoms with Crippen LogP contribution in [0.5, 0.6) is 11.5 Å². The van der Waals surface area contributed by atoms with Gasteiger partial charge in [-0.25, -0.2) is 0 Å². The summed E-state index contributed by atoms with van der Waals surface area (Å²) in [5.41, 5.74) is 2.85. The Labute approximate surface area is 200 Å². The molecule has 0 saturated carbocycles. The number of methoxy groups -OCH3 is 1. The minimum Gasteiger partial charge on any atom is -0.496 e. The second kappa shape index (κ2) is 11.0. The van der Waals surface area contributed by atoms with Crippen LogP contribution >= 0.6 is 0 Å². The van der Waals surface area contributed by atoms with E-state index in [0.29, 0.717) is 46.6 Å². The van der Waals surface area contributed by atoms with Crippen molar-refractivity contribution in [1.29, 1.82) is 0 Å². The van der Waals surface area contributed by atoms with Crippen molar-refractivity contribution in [2.24, 2.45) is 0 Å². The van der Waals surface area contributed by atoms with Crippen LogP contribution in [0.3, 0.4) is 0 Å². The van der Waals surface area contributed by atoms with Crippen LogP contribution in [0, 0.1) is 0 Å². The Hall–Kier alpha value is -3.57. The Kier molecular flexibility index (Phi) is 7.65. The van der Waals surface area contributed by atoms with Crippen molar-refractivity contribution >= 4 is 16.8 Å². The first-order valence-corrected chi connectivity index (χ1v) is 11.8. The summed E-state index contributed by atoms with van der Waals surface area (Å²) in [4.78, 5) is 16.0. The van der Waals surface area contributed by atoms with E-state index in [1.165, 1.54) is 0 Å². The number of ketones is 1. The lowest BCUT2D eigenvalue weighted by molar-refractivity contribution is 0.103. The van der Waals surface area contributed by atoms with E-state index in [0.717, 1.165) is 30.9 Å². The zero-order valence-corrected chi connectivity index (χ0v) is 20.0. The van der Waals surface area contributed by atoms with E-state index in [1.54, 1.807) is 7.11 Å². The number of nitrogens with zero attached hydrogens (tertiary/aromatic N) is 1. The minimum absolute atomic E-state index is 0.0936. The highest BCUT2D eigenvalue weighted by molar-refractivity contribution is 6.18. The SMILES string of the molecule is CCN(CC)CCOc1ccc(C(=O)c2c(Cc3ccccc3)oc3cccc(OC)c23)cc1. The predicted molar refractivity (Wildman–Crippen MR) is 135 cm³/mol. The van der Waals surface area contributed by atoms with Crippen LogP contribution in [0.4, 0.5) is 0 Å². The molecule has 0 N–H and O–H groups in total. The van der Waals surface area contributed by atoms with Crippen molar-refractivity contribution in [3.63, 3.8) is 0 Å². The van der Waals surface area contributed by atoms with Crippen LogP contribution in [0.25, 0.3) is 11.0 Å². The van der Waals surface area contributed by atoms with Crippen molar-refractivity contribution < 1.29 is 18.7 Å². The summed E-state index contributed by atoms with van der Waals surface area (Å²) in [5, 5.41) is 0.709. The van der Waals surface area contributed by atoms with E-state index in [-0.39, 0.29) is 5.78 Å². The third-order valence-electron chi connectivity index (χ3n) is 6.09. The molecule has 0 aliphatic carbocycles. The number of carbonyl (C=O) groups is 1. The Balaban J connectivity index is 1.63. The van der Waals surface area contributed by atoms with E-state index >= 15 is 0 Å². The van der Waals surface area contributed by atoms with E-state index in [4.69, 9.17) is 13.9 Å². The van der Waals surface area contributed by atoms with Crippen LogP contribution in [0.2, 0.25) is 0 Å². The number of hydrogen-bond donors (Lipinski definition) is 0. The van der Waals surface area contributed by atoms with Gasteiger partial charge in [0.2, 0.25) is 0 Å². The summed E-state index contributed by atoms with van der Waals surface area (Å²) in [7, 11) is 1.61. The number of ether oxygens (including phenoxy) is 2. The molecule has 4 aromatic rings. The molecule has 5 heteroatoms. The quantitative estimate of drug-likeness (QED) is 0.259. The Morgan fingerprint density at radius 2 is 1.65 bits per heavy atom. The fourth-order valence-corrected chi connectivity index (χ4v) is 4.16. The van der Waals surface area contributed by atoms with Crippen molar-refractivity contribution in [3.8, 4) is 11.5 Å². The molecule has 1 aromatic heterocycles. The van der Waals surface area contributed by atoms with Gasteiger partial charge in [0.15, 0.2) is 5.78 Å². The number of likely N-dealkylation sites (N-methyl/N-ethyl adjacent to an activating group) is 1. The number of benzene rings is 3. The van der Waals surface area contributed by atoms with Gasteiger partial charge in [-0.15, -0.1) is 0 Å². The molecule has 0 bridgehead atoms. The Bertz CT molecular complexity index is 1220. The Morgan fingerprint density at radius 3 is 2.32 bits per heavy atom. The lowest BCUT2D eigenvalue weighted by atomic mass is 9.97. The molecule has 0 spiro atoms. The van der Waals surface area contributed by atoms with Crippen molar-refractivity contribution in [2.75, 3.05) is 33.4 Å². The molecule has 34 heavy (non-hydrogen) atoms. The molecule has 4 rings (SSSR count). The van der Waals surface area contributed by atoms with Gasteiger partial charge in [0.05, 0.1) is 18.1 Å². The number of hydrogen-bond acceptors (Lipinski definition) is 5. The third-order valence-corrected chi connectivity index (χ3v) is 6.09. The van der Waals surface area contributed by atoms with Crippen molar-refractivity contribution in [1.82, 2.24) is 4.90 Å². The van der Waals surface area contributed by atoms with Crippen molar-refractivity contribution in [2.45, 2.75) is 20.3 Å². The average Bonchev–Trinajstić information content (AvgIpc) is 3.25. The van der Waals surface area contributed by atoms with Gasteiger partial charge in [-0.05, 0) is 55.1 Å². The number of rotatable bonds is 11. The highest BCUT2D eigenvalue weighted by Gasteiger charge is 2.25. The molecule has 0 amide bonds. The summed E-state index contributed by atoms with van der Waals surface area (Å²) in [6.45, 7) is 7.77. The molecule has 0 aliphatic rings. The fraction of sp³-hybridized carbons (Fsp3) is 0.276. The number of fused-ring (bicyclic) bond motifs is 1. The zero-order chi connectivity index (χ0) is 23.9. The summed E-state index contributed by atoms with van der Waals surface area (Å²) in [6, 6.07) is 22.9. The summed E-state index contributed by atoms with van der Waals surface area (Å²) < 4.78 is 17.6. The van der Waals surface area contributed by atoms with Gasteiger partial charge in [-0.1, -0.05) is 50.2 Å². The summed E-state index contributed by atoms with van der Waals surface area (Å²) in [6.07, 6.45) is 0.520. The molecule has 0 fully saturated rings. The van der Waals surface area contributed by atoms with Gasteiger partial charge in [-0.2, -0.15) is 0 Å². The molecular weight excluding hydrogens is 426 g/mol. The smallest absolute Gasteiger partial charge is 0.197 e. The maximum absolute atomic E-state index is 13.7. The molecular formula is C29H31NO4. The van der Waals surface area contributed by atoms with Crippen LogP contribution in [0.15, 0.2) is 77.2 Å². The van der Waals surface area contributed by atoms with Gasteiger partial charge in [-0.3, -0.25) is 4.79 Å². The first-order valence-electron chi connectivity index (χ1n) is 11.8. The molecule has 176 valence electrons. The number of furan rings is 1. The largest absolute Gasteiger partial charge is 0.496 e. The lowest BCUT2D eigenvalue weighted by Gasteiger charge is -2.18. The monoisotopic (exact) mass is 457 g/mol. The maximum atomic E-state index is 13.7. The first kappa shape index (κ1) is 23.6. The molecule has 0 unspecified atom stereocenters. The molecule has 5 nitrogen and oxygen atoms in total. The second-order valence-electron chi connectivity index (χ2n) is 8.12. The van der Waals surface area contributed by atoms with Gasteiger partial charge in [0.25, 0.3) is 0 Å². The van der Waals surface area contributed by atoms with Gasteiger partial charge in [0.1, 0.15) is 29.4 Å². The van der Waals surface area contributed by atoms with Gasteiger partial charge >= 0.3 is 0 Å². The molecule has 1 heterocycles. The van der Waals surface area contributed by atoms with Crippen molar-refractivity contribution in [3.05, 3.63) is 95.2 Å². The Morgan fingerprint density at radius 1 is 0.912 bits per heavy atom. The highest BCUT2D eigenvalue weighted by atomic mass is 16.5. The molecule has 3 aromatic carbocycles. The predicted octanol–water partition coefficient (Wildman–Crippen LogP) is 5.98. The van der Waals surface area contributed by atoms with Gasteiger partial charge < -0.3 is 18.8 Å². The maximum Gasteiger partial charge on any atom is 0.197 e. The summed E-state index contributed by atoms with van der Waals surface area (Å²) in [5.74, 6) is 1.92. The first-order chi connectivity index (χ1) is 16.6. The van der Waals surface area contributed by atoms with Gasteiger partial charge in [0, 0.05) is 18.5 Å². The lowest BCUT2D eigenvalue weighted by Crippen LogP contribution is -2.27. The zero-order valence-electron chi connectivity index (χ0n) is 20.0. The van der Waals surface area contributed by atoms with E-state index in [2.05, 4.69) is 18.7 Å². The van der Waals surface area contributed by atoms with Crippen LogP contribution in [-0.4, -0.2) is 44.0 Å². The average molecular weight is 458 g/mol. The highest BCUT2D eigenvalue weighted by Crippen LogP contribution is 2.36.